The molecule has 0 aliphatic heterocycles. The lowest BCUT2D eigenvalue weighted by molar-refractivity contribution is 0.102. The van der Waals surface area contributed by atoms with Crippen LogP contribution < -0.4 is 15.4 Å². The molecular formula is C28H19N5O2. The lowest BCUT2D eigenvalue weighted by atomic mass is 10.1. The fourth-order valence-electron chi connectivity index (χ4n) is 3.54. The summed E-state index contributed by atoms with van der Waals surface area (Å²) < 4.78 is 5.75. The van der Waals surface area contributed by atoms with Crippen molar-refractivity contribution in [3.05, 3.63) is 115 Å². The second-order valence-corrected chi connectivity index (χ2v) is 7.67. The van der Waals surface area contributed by atoms with E-state index in [1.165, 1.54) is 0 Å². The number of nitrogens with one attached hydrogen (secondary N) is 2. The molecule has 2 aromatic heterocycles. The van der Waals surface area contributed by atoms with E-state index in [0.29, 0.717) is 28.3 Å². The molecule has 0 atom stereocenters. The van der Waals surface area contributed by atoms with Crippen LogP contribution in [0.15, 0.2) is 104 Å². The number of pyridine rings is 2. The van der Waals surface area contributed by atoms with Crippen LogP contribution in [0.25, 0.3) is 10.9 Å². The summed E-state index contributed by atoms with van der Waals surface area (Å²) in [4.78, 5) is 21.0. The Hall–Kier alpha value is -5.22. The third-order valence-corrected chi connectivity index (χ3v) is 5.29. The van der Waals surface area contributed by atoms with Gasteiger partial charge in [0.05, 0.1) is 17.1 Å². The van der Waals surface area contributed by atoms with Crippen molar-refractivity contribution < 1.29 is 9.53 Å². The minimum atomic E-state index is -0.215. The van der Waals surface area contributed by atoms with Crippen LogP contribution in [0.2, 0.25) is 0 Å². The molecule has 3 aromatic carbocycles. The number of fused-ring (bicyclic) bond motifs is 1. The van der Waals surface area contributed by atoms with Gasteiger partial charge in [-0.15, -0.1) is 0 Å². The van der Waals surface area contributed by atoms with Crippen molar-refractivity contribution in [3.63, 3.8) is 0 Å². The Morgan fingerprint density at radius 1 is 0.800 bits per heavy atom. The molecule has 2 heterocycles. The first-order valence-electron chi connectivity index (χ1n) is 10.8. The number of nitriles is 1. The molecule has 0 spiro atoms. The Balaban J connectivity index is 1.25. The average molecular weight is 457 g/mol. The van der Waals surface area contributed by atoms with E-state index < -0.39 is 0 Å². The lowest BCUT2D eigenvalue weighted by Gasteiger charge is -2.11. The SMILES string of the molecule is N#Cc1ccc2nccc(Nc3ccc(C(=O)Nc4ccc(Oc5ccncc5)cc4)cc3)c2c1. The fourth-order valence-corrected chi connectivity index (χ4v) is 3.54. The molecule has 35 heavy (non-hydrogen) atoms. The number of hydrogen-bond acceptors (Lipinski definition) is 6. The van der Waals surface area contributed by atoms with E-state index in [1.54, 1.807) is 79.3 Å². The van der Waals surface area contributed by atoms with Crippen LogP contribution in [0.5, 0.6) is 11.5 Å². The van der Waals surface area contributed by atoms with Crippen molar-refractivity contribution in [1.82, 2.24) is 9.97 Å². The van der Waals surface area contributed by atoms with Gasteiger partial charge in [-0.25, -0.2) is 0 Å². The molecule has 0 radical (unpaired) electrons. The number of aromatic nitrogens is 2. The number of hydrogen-bond donors (Lipinski definition) is 2. The number of rotatable bonds is 6. The first kappa shape index (κ1) is 21.6. The van der Waals surface area contributed by atoms with Crippen LogP contribution in [0.3, 0.4) is 0 Å². The zero-order valence-electron chi connectivity index (χ0n) is 18.5. The molecule has 0 fully saturated rings. The summed E-state index contributed by atoms with van der Waals surface area (Å²) in [5, 5.41) is 16.3. The zero-order chi connectivity index (χ0) is 24.0. The number of ether oxygens (including phenoxy) is 1. The molecule has 5 rings (SSSR count). The van der Waals surface area contributed by atoms with E-state index in [2.05, 4.69) is 26.7 Å². The van der Waals surface area contributed by atoms with E-state index in [-0.39, 0.29) is 5.91 Å². The molecule has 0 saturated carbocycles. The van der Waals surface area contributed by atoms with Crippen LogP contribution in [0.1, 0.15) is 15.9 Å². The maximum atomic E-state index is 12.7. The van der Waals surface area contributed by atoms with E-state index >= 15 is 0 Å². The highest BCUT2D eigenvalue weighted by Gasteiger charge is 2.08. The molecule has 0 saturated heterocycles. The van der Waals surface area contributed by atoms with Gasteiger partial charge in [0.1, 0.15) is 11.5 Å². The number of amides is 1. The number of carbonyl (C=O) groups is 1. The third-order valence-electron chi connectivity index (χ3n) is 5.29. The molecule has 7 nitrogen and oxygen atoms in total. The second kappa shape index (κ2) is 9.73. The third kappa shape index (κ3) is 5.07. The average Bonchev–Trinajstić information content (AvgIpc) is 2.91. The number of nitrogens with zero attached hydrogens (tertiary/aromatic N) is 3. The molecular weight excluding hydrogens is 438 g/mol. The van der Waals surface area contributed by atoms with Crippen molar-refractivity contribution in [2.75, 3.05) is 10.6 Å². The summed E-state index contributed by atoms with van der Waals surface area (Å²) >= 11 is 0. The van der Waals surface area contributed by atoms with Crippen LogP contribution in [0.4, 0.5) is 17.1 Å². The summed E-state index contributed by atoms with van der Waals surface area (Å²) in [7, 11) is 0. The van der Waals surface area contributed by atoms with Gasteiger partial charge >= 0.3 is 0 Å². The highest BCUT2D eigenvalue weighted by molar-refractivity contribution is 6.04. The zero-order valence-corrected chi connectivity index (χ0v) is 18.5. The van der Waals surface area contributed by atoms with E-state index in [4.69, 9.17) is 4.74 Å². The van der Waals surface area contributed by atoms with Crippen LogP contribution in [0, 0.1) is 11.3 Å². The maximum absolute atomic E-state index is 12.7. The standard InChI is InChI=1S/C28H19N5O2/c29-18-19-1-10-26-25(17-19)27(13-16-31-26)32-21-4-2-20(3-5-21)28(34)33-22-6-8-23(9-7-22)35-24-11-14-30-15-12-24/h1-17H,(H,31,32)(H,33,34). The van der Waals surface area contributed by atoms with Crippen molar-refractivity contribution in [1.29, 1.82) is 5.26 Å². The van der Waals surface area contributed by atoms with Gasteiger partial charge in [0.25, 0.3) is 5.91 Å². The van der Waals surface area contributed by atoms with Crippen LogP contribution in [-0.2, 0) is 0 Å². The summed E-state index contributed by atoms with van der Waals surface area (Å²) in [6, 6.07) is 27.3. The summed E-state index contributed by atoms with van der Waals surface area (Å²) in [6.07, 6.45) is 5.04. The molecule has 7 heteroatoms. The predicted octanol–water partition coefficient (Wildman–Crippen LogP) is 6.29. The minimum absolute atomic E-state index is 0.215. The van der Waals surface area contributed by atoms with Gasteiger partial charge in [0, 0.05) is 46.6 Å². The molecule has 0 aliphatic carbocycles. The highest BCUT2D eigenvalue weighted by Crippen LogP contribution is 2.27. The summed E-state index contributed by atoms with van der Waals surface area (Å²) in [5.74, 6) is 1.14. The highest BCUT2D eigenvalue weighted by atomic mass is 16.5. The number of benzene rings is 3. The largest absolute Gasteiger partial charge is 0.457 e. The Bertz CT molecular complexity index is 1530. The monoisotopic (exact) mass is 457 g/mol. The van der Waals surface area contributed by atoms with Crippen LogP contribution >= 0.6 is 0 Å². The van der Waals surface area contributed by atoms with Gasteiger partial charge in [0.15, 0.2) is 0 Å². The first-order chi connectivity index (χ1) is 17.2. The Morgan fingerprint density at radius 2 is 1.51 bits per heavy atom. The molecule has 5 aromatic rings. The topological polar surface area (TPSA) is 99.9 Å². The fraction of sp³-hybridized carbons (Fsp3) is 0. The van der Waals surface area contributed by atoms with Gasteiger partial charge in [-0.1, -0.05) is 0 Å². The molecule has 1 amide bonds. The van der Waals surface area contributed by atoms with Crippen molar-refractivity contribution in [2.24, 2.45) is 0 Å². The van der Waals surface area contributed by atoms with E-state index in [0.717, 1.165) is 22.3 Å². The molecule has 168 valence electrons. The van der Waals surface area contributed by atoms with Gasteiger partial charge in [-0.2, -0.15) is 5.26 Å². The maximum Gasteiger partial charge on any atom is 0.255 e. The Labute approximate surface area is 201 Å². The van der Waals surface area contributed by atoms with E-state index in [9.17, 15) is 10.1 Å². The van der Waals surface area contributed by atoms with Gasteiger partial charge in [-0.05, 0) is 84.9 Å². The molecule has 0 bridgehead atoms. The quantitative estimate of drug-likeness (QED) is 0.311. The molecule has 0 unspecified atom stereocenters. The first-order valence-corrected chi connectivity index (χ1v) is 10.8. The Kier molecular flexibility index (Phi) is 6.01. The summed E-state index contributed by atoms with van der Waals surface area (Å²) in [5.41, 5.74) is 4.20. The second-order valence-electron chi connectivity index (χ2n) is 7.67. The van der Waals surface area contributed by atoms with Crippen molar-refractivity contribution in [3.8, 4) is 17.6 Å². The number of anilines is 3. The van der Waals surface area contributed by atoms with Crippen molar-refractivity contribution >= 4 is 33.9 Å². The molecule has 0 aliphatic rings. The number of carbonyl (C=O) groups excluding carboxylic acids is 1. The summed E-state index contributed by atoms with van der Waals surface area (Å²) in [6.45, 7) is 0. The van der Waals surface area contributed by atoms with E-state index in [1.807, 2.05) is 24.3 Å². The molecule has 2 N–H and O–H groups in total. The lowest BCUT2D eigenvalue weighted by Crippen LogP contribution is -2.11. The van der Waals surface area contributed by atoms with Crippen molar-refractivity contribution in [2.45, 2.75) is 0 Å². The predicted molar refractivity (Wildman–Crippen MR) is 135 cm³/mol. The normalized spacial score (nSPS) is 10.4. The Morgan fingerprint density at radius 3 is 2.26 bits per heavy atom. The van der Waals surface area contributed by atoms with Crippen LogP contribution in [-0.4, -0.2) is 15.9 Å². The van der Waals surface area contributed by atoms with Gasteiger partial charge in [-0.3, -0.25) is 14.8 Å². The minimum Gasteiger partial charge on any atom is -0.457 e. The van der Waals surface area contributed by atoms with Gasteiger partial charge < -0.3 is 15.4 Å². The van der Waals surface area contributed by atoms with Gasteiger partial charge in [0.2, 0.25) is 0 Å². The smallest absolute Gasteiger partial charge is 0.255 e.